The van der Waals surface area contributed by atoms with E-state index in [0.717, 1.165) is 16.0 Å². The summed E-state index contributed by atoms with van der Waals surface area (Å²) in [7, 11) is 0. The fourth-order valence-electron chi connectivity index (χ4n) is 4.83. The highest BCUT2D eigenvalue weighted by Crippen LogP contribution is 2.40. The second-order valence-corrected chi connectivity index (χ2v) is 12.6. The number of amides is 2. The molecule has 0 saturated carbocycles. The molecule has 0 radical (unpaired) electrons. The topological polar surface area (TPSA) is 108 Å². The van der Waals surface area contributed by atoms with Crippen molar-refractivity contribution in [2.45, 2.75) is 77.4 Å². The van der Waals surface area contributed by atoms with Crippen molar-refractivity contribution < 1.29 is 38.1 Å². The van der Waals surface area contributed by atoms with Crippen LogP contribution in [0.5, 0.6) is 0 Å². The van der Waals surface area contributed by atoms with Gasteiger partial charge in [0.25, 0.3) is 5.91 Å². The number of nitrogens with zero attached hydrogens (tertiary/aromatic N) is 1. The molecule has 0 aliphatic carbocycles. The van der Waals surface area contributed by atoms with E-state index in [0.29, 0.717) is 11.1 Å². The maximum absolute atomic E-state index is 13.5. The SMILES string of the molecule is CC(C)(C)OC(=O)C(C(=O)OC(C)(C)C)c1ccc(COC(=O)N2C(=O)COC(c3ccccc3)C2c2ccccc2)cc1. The van der Waals surface area contributed by atoms with Gasteiger partial charge in [0.05, 0.1) is 6.04 Å². The van der Waals surface area contributed by atoms with Crippen molar-refractivity contribution >= 4 is 23.9 Å². The molecule has 232 valence electrons. The number of morpholine rings is 1. The van der Waals surface area contributed by atoms with Crippen LogP contribution in [0.3, 0.4) is 0 Å². The lowest BCUT2D eigenvalue weighted by molar-refractivity contribution is -0.169. The molecule has 2 atom stereocenters. The number of hydrogen-bond acceptors (Lipinski definition) is 8. The Bertz CT molecular complexity index is 1430. The van der Waals surface area contributed by atoms with Gasteiger partial charge in [0, 0.05) is 0 Å². The summed E-state index contributed by atoms with van der Waals surface area (Å²) in [6, 6.07) is 24.4. The molecule has 44 heavy (non-hydrogen) atoms. The van der Waals surface area contributed by atoms with Crippen molar-refractivity contribution in [2.75, 3.05) is 6.61 Å². The van der Waals surface area contributed by atoms with Gasteiger partial charge < -0.3 is 18.9 Å². The van der Waals surface area contributed by atoms with Gasteiger partial charge >= 0.3 is 18.0 Å². The molecule has 0 aromatic heterocycles. The molecule has 4 rings (SSSR count). The van der Waals surface area contributed by atoms with E-state index in [1.54, 1.807) is 65.8 Å². The zero-order valence-corrected chi connectivity index (χ0v) is 25.9. The summed E-state index contributed by atoms with van der Waals surface area (Å²) in [4.78, 5) is 53.7. The third kappa shape index (κ3) is 8.32. The van der Waals surface area contributed by atoms with Crippen LogP contribution >= 0.6 is 0 Å². The van der Waals surface area contributed by atoms with Gasteiger partial charge in [-0.15, -0.1) is 0 Å². The van der Waals surface area contributed by atoms with Crippen molar-refractivity contribution in [1.82, 2.24) is 4.90 Å². The molecule has 2 amide bonds. The molecule has 1 aliphatic heterocycles. The Morgan fingerprint density at radius 2 is 1.27 bits per heavy atom. The lowest BCUT2D eigenvalue weighted by Crippen LogP contribution is -2.49. The quantitative estimate of drug-likeness (QED) is 0.173. The Labute approximate surface area is 258 Å². The van der Waals surface area contributed by atoms with Gasteiger partial charge in [-0.3, -0.25) is 14.4 Å². The van der Waals surface area contributed by atoms with Gasteiger partial charge in [-0.25, -0.2) is 9.69 Å². The van der Waals surface area contributed by atoms with E-state index in [2.05, 4.69) is 0 Å². The van der Waals surface area contributed by atoms with Crippen LogP contribution in [0.4, 0.5) is 4.79 Å². The first kappa shape index (κ1) is 32.4. The third-order valence-electron chi connectivity index (χ3n) is 6.65. The highest BCUT2D eigenvalue weighted by atomic mass is 16.6. The molecular formula is C35H39NO8. The van der Waals surface area contributed by atoms with Crippen LogP contribution < -0.4 is 0 Å². The van der Waals surface area contributed by atoms with Crippen molar-refractivity contribution in [3.05, 3.63) is 107 Å². The van der Waals surface area contributed by atoms with Crippen LogP contribution in [-0.2, 0) is 39.9 Å². The fourth-order valence-corrected chi connectivity index (χ4v) is 4.83. The molecule has 2 unspecified atom stereocenters. The van der Waals surface area contributed by atoms with E-state index in [1.807, 2.05) is 60.7 Å². The first-order chi connectivity index (χ1) is 20.7. The van der Waals surface area contributed by atoms with E-state index >= 15 is 0 Å². The van der Waals surface area contributed by atoms with E-state index in [9.17, 15) is 19.2 Å². The average molecular weight is 602 g/mol. The van der Waals surface area contributed by atoms with Crippen LogP contribution in [0.25, 0.3) is 0 Å². The van der Waals surface area contributed by atoms with Gasteiger partial charge in [0.1, 0.15) is 30.5 Å². The predicted octanol–water partition coefficient (Wildman–Crippen LogP) is 6.43. The minimum Gasteiger partial charge on any atom is -0.459 e. The molecule has 9 heteroatoms. The summed E-state index contributed by atoms with van der Waals surface area (Å²) in [5, 5.41) is 0. The van der Waals surface area contributed by atoms with E-state index in [-0.39, 0.29) is 13.2 Å². The highest BCUT2D eigenvalue weighted by Gasteiger charge is 2.43. The Kier molecular flexibility index (Phi) is 9.89. The Hall–Kier alpha value is -4.50. The highest BCUT2D eigenvalue weighted by molar-refractivity contribution is 6.01. The predicted molar refractivity (Wildman–Crippen MR) is 162 cm³/mol. The van der Waals surface area contributed by atoms with Crippen LogP contribution in [0, 0.1) is 0 Å². The average Bonchev–Trinajstić information content (AvgIpc) is 2.95. The van der Waals surface area contributed by atoms with E-state index in [4.69, 9.17) is 18.9 Å². The molecule has 1 saturated heterocycles. The molecule has 0 N–H and O–H groups in total. The van der Waals surface area contributed by atoms with Gasteiger partial charge in [-0.2, -0.15) is 0 Å². The lowest BCUT2D eigenvalue weighted by atomic mass is 9.93. The van der Waals surface area contributed by atoms with Gasteiger partial charge in [-0.05, 0) is 63.8 Å². The zero-order valence-electron chi connectivity index (χ0n) is 25.9. The Balaban J connectivity index is 1.53. The van der Waals surface area contributed by atoms with Crippen LogP contribution in [-0.4, -0.2) is 46.6 Å². The number of ether oxygens (including phenoxy) is 4. The van der Waals surface area contributed by atoms with Crippen molar-refractivity contribution in [3.63, 3.8) is 0 Å². The summed E-state index contributed by atoms with van der Waals surface area (Å²) < 4.78 is 22.6. The van der Waals surface area contributed by atoms with Gasteiger partial charge in [-0.1, -0.05) is 84.9 Å². The van der Waals surface area contributed by atoms with Crippen molar-refractivity contribution in [1.29, 1.82) is 0 Å². The molecule has 3 aromatic rings. The number of rotatable bonds is 7. The summed E-state index contributed by atoms with van der Waals surface area (Å²) in [6.07, 6.45) is -1.39. The molecule has 1 fully saturated rings. The van der Waals surface area contributed by atoms with Crippen LogP contribution in [0.2, 0.25) is 0 Å². The smallest absolute Gasteiger partial charge is 0.417 e. The summed E-state index contributed by atoms with van der Waals surface area (Å²) in [5.41, 5.74) is 0.907. The van der Waals surface area contributed by atoms with Crippen LogP contribution in [0.1, 0.15) is 81.9 Å². The largest absolute Gasteiger partial charge is 0.459 e. The van der Waals surface area contributed by atoms with E-state index in [1.165, 1.54) is 0 Å². The summed E-state index contributed by atoms with van der Waals surface area (Å²) in [5.74, 6) is -3.25. The van der Waals surface area contributed by atoms with Crippen molar-refractivity contribution in [3.8, 4) is 0 Å². The van der Waals surface area contributed by atoms with Gasteiger partial charge in [0.2, 0.25) is 0 Å². The van der Waals surface area contributed by atoms with Gasteiger partial charge in [0.15, 0.2) is 5.92 Å². The Morgan fingerprint density at radius 3 is 1.77 bits per heavy atom. The standard InChI is InChI=1S/C35H39NO8/c1-34(2,3)43-31(38)28(32(39)44-35(4,5)6)24-19-17-23(18-20-24)21-42-33(40)36-27(37)22-41-30(26-15-11-8-12-16-26)29(36)25-13-9-7-10-14-25/h7-20,28-30H,21-22H2,1-6H3. The number of imide groups is 1. The minimum atomic E-state index is -1.29. The number of hydrogen-bond donors (Lipinski definition) is 0. The van der Waals surface area contributed by atoms with Crippen LogP contribution in [0.15, 0.2) is 84.9 Å². The number of carbonyl (C=O) groups excluding carboxylic acids is 4. The second-order valence-electron chi connectivity index (χ2n) is 12.6. The number of esters is 2. The molecule has 0 spiro atoms. The zero-order chi connectivity index (χ0) is 32.1. The molecule has 3 aromatic carbocycles. The third-order valence-corrected chi connectivity index (χ3v) is 6.65. The first-order valence-electron chi connectivity index (χ1n) is 14.5. The molecular weight excluding hydrogens is 562 g/mol. The monoisotopic (exact) mass is 601 g/mol. The van der Waals surface area contributed by atoms with Crippen molar-refractivity contribution in [2.24, 2.45) is 0 Å². The maximum atomic E-state index is 13.5. The number of benzene rings is 3. The summed E-state index contributed by atoms with van der Waals surface area (Å²) in [6.45, 7) is 9.90. The minimum absolute atomic E-state index is 0.148. The number of carbonyl (C=O) groups is 4. The fraction of sp³-hybridized carbons (Fsp3) is 0.371. The Morgan fingerprint density at radius 1 is 0.773 bits per heavy atom. The molecule has 1 heterocycles. The first-order valence-corrected chi connectivity index (χ1v) is 14.5. The second kappa shape index (κ2) is 13.4. The summed E-state index contributed by atoms with van der Waals surface area (Å²) >= 11 is 0. The maximum Gasteiger partial charge on any atom is 0.417 e. The molecule has 9 nitrogen and oxygen atoms in total. The van der Waals surface area contributed by atoms with E-state index < -0.39 is 53.2 Å². The normalized spacial score (nSPS) is 17.2. The molecule has 1 aliphatic rings. The lowest BCUT2D eigenvalue weighted by Gasteiger charge is -2.39. The molecule has 0 bridgehead atoms.